The maximum atomic E-state index is 13.6. The molecule has 2 aliphatic carbocycles. The van der Waals surface area contributed by atoms with E-state index in [0.717, 1.165) is 48.5 Å². The minimum absolute atomic E-state index is 0.00840. The van der Waals surface area contributed by atoms with Crippen molar-refractivity contribution in [2.24, 2.45) is 5.92 Å². The second-order valence-corrected chi connectivity index (χ2v) is 8.22. The van der Waals surface area contributed by atoms with Gasteiger partial charge in [0, 0.05) is 30.0 Å². The Bertz CT molecular complexity index is 958. The largest absolute Gasteiger partial charge is 0.497 e. The summed E-state index contributed by atoms with van der Waals surface area (Å²) in [5.41, 5.74) is 4.45. The van der Waals surface area contributed by atoms with E-state index in [4.69, 9.17) is 14.2 Å². The van der Waals surface area contributed by atoms with Crippen molar-refractivity contribution in [2.75, 3.05) is 27.9 Å². The minimum Gasteiger partial charge on any atom is -0.497 e. The molecule has 0 bridgehead atoms. The van der Waals surface area contributed by atoms with Crippen LogP contribution >= 0.6 is 0 Å². The number of carbonyl (C=O) groups excluding carboxylic acids is 1. The molecule has 0 radical (unpaired) electrons. The van der Waals surface area contributed by atoms with Crippen LogP contribution < -0.4 is 9.47 Å². The van der Waals surface area contributed by atoms with Gasteiger partial charge in [-0.15, -0.1) is 0 Å². The first kappa shape index (κ1) is 18.3. The van der Waals surface area contributed by atoms with Crippen molar-refractivity contribution in [1.82, 2.24) is 4.90 Å². The van der Waals surface area contributed by atoms with Gasteiger partial charge in [-0.1, -0.05) is 6.08 Å². The first-order chi connectivity index (χ1) is 14.2. The number of allylic oxidation sites excluding steroid dienone is 3. The van der Waals surface area contributed by atoms with Crippen LogP contribution in [0, 0.1) is 5.92 Å². The molecule has 2 heterocycles. The molecule has 1 fully saturated rings. The smallest absolute Gasteiger partial charge is 0.250 e. The van der Waals surface area contributed by atoms with Gasteiger partial charge < -0.3 is 19.1 Å². The van der Waals surface area contributed by atoms with E-state index in [-0.39, 0.29) is 17.7 Å². The molecule has 1 aromatic rings. The molecule has 3 atom stereocenters. The lowest BCUT2D eigenvalue weighted by Crippen LogP contribution is -2.49. The standard InChI is InChI=1S/C24H27NO4/c1-27-15-7-8-16-17-12-21(28-2)22(29-3)13-18(17)19-10-14-6-4-5-9-25(14)24(26)23(19)20(16)11-15/h7-8,11-14,16,20H,4-6,9-10H2,1-3H3. The van der Waals surface area contributed by atoms with Gasteiger partial charge in [0.2, 0.25) is 0 Å². The number of ether oxygens (including phenoxy) is 3. The van der Waals surface area contributed by atoms with E-state index in [0.29, 0.717) is 11.8 Å². The van der Waals surface area contributed by atoms with Crippen molar-refractivity contribution in [3.8, 4) is 11.5 Å². The number of hydrogen-bond acceptors (Lipinski definition) is 4. The van der Waals surface area contributed by atoms with Gasteiger partial charge in [0.25, 0.3) is 5.91 Å². The summed E-state index contributed by atoms with van der Waals surface area (Å²) >= 11 is 0. The average molecular weight is 393 g/mol. The predicted octanol–water partition coefficient (Wildman–Crippen LogP) is 4.06. The predicted molar refractivity (Wildman–Crippen MR) is 111 cm³/mol. The number of methoxy groups -OCH3 is 3. The summed E-state index contributed by atoms with van der Waals surface area (Å²) in [4.78, 5) is 15.8. The lowest BCUT2D eigenvalue weighted by atomic mass is 9.66. The fourth-order valence-corrected chi connectivity index (χ4v) is 5.49. The number of nitrogens with zero attached hydrogens (tertiary/aromatic N) is 1. The first-order valence-electron chi connectivity index (χ1n) is 10.4. The van der Waals surface area contributed by atoms with Gasteiger partial charge in [0.1, 0.15) is 5.76 Å². The van der Waals surface area contributed by atoms with Gasteiger partial charge in [-0.3, -0.25) is 4.79 Å². The third kappa shape index (κ3) is 2.70. The number of rotatable bonds is 3. The topological polar surface area (TPSA) is 48.0 Å². The first-order valence-corrected chi connectivity index (χ1v) is 10.4. The molecule has 5 rings (SSSR count). The van der Waals surface area contributed by atoms with Crippen LogP contribution in [-0.2, 0) is 9.53 Å². The van der Waals surface area contributed by atoms with E-state index in [9.17, 15) is 4.79 Å². The van der Waals surface area contributed by atoms with E-state index in [2.05, 4.69) is 29.2 Å². The van der Waals surface area contributed by atoms with E-state index in [1.807, 2.05) is 6.08 Å². The highest BCUT2D eigenvalue weighted by Crippen LogP contribution is 2.53. The Hall–Kier alpha value is -2.69. The molecule has 0 spiro atoms. The van der Waals surface area contributed by atoms with Crippen LogP contribution in [0.5, 0.6) is 11.5 Å². The zero-order valence-corrected chi connectivity index (χ0v) is 17.2. The van der Waals surface area contributed by atoms with Crippen molar-refractivity contribution in [3.63, 3.8) is 0 Å². The van der Waals surface area contributed by atoms with Crippen LogP contribution in [-0.4, -0.2) is 44.7 Å². The number of fused-ring (bicyclic) bond motifs is 6. The Morgan fingerprint density at radius 1 is 1.00 bits per heavy atom. The summed E-state index contributed by atoms with van der Waals surface area (Å²) < 4.78 is 16.7. The Kier molecular flexibility index (Phi) is 4.41. The Labute approximate surface area is 171 Å². The molecule has 1 aromatic carbocycles. The highest BCUT2D eigenvalue weighted by atomic mass is 16.5. The zero-order chi connectivity index (χ0) is 20.1. The van der Waals surface area contributed by atoms with Gasteiger partial charge >= 0.3 is 0 Å². The summed E-state index contributed by atoms with van der Waals surface area (Å²) in [6.45, 7) is 0.868. The lowest BCUT2D eigenvalue weighted by molar-refractivity contribution is -0.131. The van der Waals surface area contributed by atoms with Crippen LogP contribution in [0.15, 0.2) is 41.7 Å². The summed E-state index contributed by atoms with van der Waals surface area (Å²) in [5.74, 6) is 2.54. The molecule has 4 aliphatic rings. The molecule has 3 unspecified atom stereocenters. The molecule has 0 N–H and O–H groups in total. The molecule has 29 heavy (non-hydrogen) atoms. The maximum absolute atomic E-state index is 13.6. The lowest BCUT2D eigenvalue weighted by Gasteiger charge is -2.46. The van der Waals surface area contributed by atoms with Crippen molar-refractivity contribution < 1.29 is 19.0 Å². The molecule has 5 heteroatoms. The van der Waals surface area contributed by atoms with Gasteiger partial charge in [0.15, 0.2) is 11.5 Å². The maximum Gasteiger partial charge on any atom is 0.250 e. The molecule has 2 aliphatic heterocycles. The second kappa shape index (κ2) is 6.97. The highest BCUT2D eigenvalue weighted by molar-refractivity contribution is 6.05. The minimum atomic E-state index is -0.00840. The quantitative estimate of drug-likeness (QED) is 0.777. The van der Waals surface area contributed by atoms with Crippen LogP contribution in [0.1, 0.15) is 42.7 Å². The Morgan fingerprint density at radius 3 is 2.55 bits per heavy atom. The Balaban J connectivity index is 1.73. The molecule has 0 saturated carbocycles. The number of benzene rings is 1. The van der Waals surface area contributed by atoms with Crippen LogP contribution in [0.3, 0.4) is 0 Å². The fraction of sp³-hybridized carbons (Fsp3) is 0.458. The average Bonchev–Trinajstić information content (AvgIpc) is 2.77. The summed E-state index contributed by atoms with van der Waals surface area (Å²) in [5, 5.41) is 0. The van der Waals surface area contributed by atoms with Crippen LogP contribution in [0.4, 0.5) is 0 Å². The van der Waals surface area contributed by atoms with Crippen LogP contribution in [0.25, 0.3) is 5.57 Å². The highest BCUT2D eigenvalue weighted by Gasteiger charge is 2.45. The third-order valence-electron chi connectivity index (χ3n) is 6.89. The fourth-order valence-electron chi connectivity index (χ4n) is 5.49. The van der Waals surface area contributed by atoms with Crippen molar-refractivity contribution in [3.05, 3.63) is 52.8 Å². The van der Waals surface area contributed by atoms with E-state index < -0.39 is 0 Å². The van der Waals surface area contributed by atoms with Crippen molar-refractivity contribution >= 4 is 11.5 Å². The number of carbonyl (C=O) groups is 1. The Morgan fingerprint density at radius 2 is 1.79 bits per heavy atom. The van der Waals surface area contributed by atoms with Crippen molar-refractivity contribution in [2.45, 2.75) is 37.6 Å². The zero-order valence-electron chi connectivity index (χ0n) is 17.2. The molecule has 5 nitrogen and oxygen atoms in total. The molecular formula is C24H27NO4. The number of hydrogen-bond donors (Lipinski definition) is 0. The molecule has 1 saturated heterocycles. The van der Waals surface area contributed by atoms with E-state index in [1.165, 1.54) is 17.6 Å². The molecule has 0 aromatic heterocycles. The van der Waals surface area contributed by atoms with Gasteiger partial charge in [-0.05, 0) is 66.7 Å². The third-order valence-corrected chi connectivity index (χ3v) is 6.89. The second-order valence-electron chi connectivity index (χ2n) is 8.22. The van der Waals surface area contributed by atoms with E-state index in [1.54, 1.807) is 21.3 Å². The van der Waals surface area contributed by atoms with Crippen molar-refractivity contribution in [1.29, 1.82) is 0 Å². The SMILES string of the molecule is COC1=CC2C3=C(CC4CCCCN4C3=O)c3cc(OC)c(OC)cc3C2C=C1. The monoisotopic (exact) mass is 393 g/mol. The van der Waals surface area contributed by atoms with Gasteiger partial charge in [0.05, 0.1) is 21.3 Å². The molecule has 152 valence electrons. The number of piperidine rings is 1. The summed E-state index contributed by atoms with van der Waals surface area (Å²) in [6, 6.07) is 4.45. The summed E-state index contributed by atoms with van der Waals surface area (Å²) in [6.07, 6.45) is 10.6. The molecular weight excluding hydrogens is 366 g/mol. The van der Waals surface area contributed by atoms with Gasteiger partial charge in [-0.2, -0.15) is 0 Å². The molecule has 1 amide bonds. The normalized spacial score (nSPS) is 27.4. The van der Waals surface area contributed by atoms with E-state index >= 15 is 0 Å². The summed E-state index contributed by atoms with van der Waals surface area (Å²) in [7, 11) is 5.01. The van der Waals surface area contributed by atoms with Gasteiger partial charge in [-0.25, -0.2) is 0 Å². The van der Waals surface area contributed by atoms with Crippen LogP contribution in [0.2, 0.25) is 0 Å². The number of amides is 1.